The van der Waals surface area contributed by atoms with Crippen LogP contribution in [0.1, 0.15) is 65.7 Å². The molecule has 1 aliphatic rings. The average molecular weight is 254 g/mol. The molecule has 2 unspecified atom stereocenters. The van der Waals surface area contributed by atoms with Crippen LogP contribution in [0.3, 0.4) is 0 Å². The number of nitrogens with one attached hydrogen (secondary N) is 2. The Balaban J connectivity index is 2.25. The highest BCUT2D eigenvalue weighted by Crippen LogP contribution is 2.25. The lowest BCUT2D eigenvalue weighted by Crippen LogP contribution is -2.50. The second kappa shape index (κ2) is 7.78. The molecule has 0 aromatic carbocycles. The van der Waals surface area contributed by atoms with Gasteiger partial charge in [-0.1, -0.05) is 32.6 Å². The molecule has 106 valence electrons. The smallest absolute Gasteiger partial charge is 0.227 e. The minimum atomic E-state index is -0.198. The lowest BCUT2D eigenvalue weighted by atomic mass is 9.81. The van der Waals surface area contributed by atoms with E-state index >= 15 is 0 Å². The molecule has 0 radical (unpaired) electrons. The Hall–Kier alpha value is -0.570. The lowest BCUT2D eigenvalue weighted by molar-refractivity contribution is -0.131. The van der Waals surface area contributed by atoms with Crippen molar-refractivity contribution in [1.82, 2.24) is 10.6 Å². The Morgan fingerprint density at radius 1 is 1.39 bits per heavy atom. The van der Waals surface area contributed by atoms with Gasteiger partial charge in [-0.25, -0.2) is 0 Å². The maximum absolute atomic E-state index is 12.3. The molecule has 1 fully saturated rings. The summed E-state index contributed by atoms with van der Waals surface area (Å²) in [5, 5.41) is 6.52. The quantitative estimate of drug-likeness (QED) is 0.686. The van der Waals surface area contributed by atoms with Gasteiger partial charge in [0, 0.05) is 12.6 Å². The molecule has 0 saturated carbocycles. The average Bonchev–Trinajstić information content (AvgIpc) is 2.35. The zero-order valence-corrected chi connectivity index (χ0v) is 12.3. The summed E-state index contributed by atoms with van der Waals surface area (Å²) in [6.07, 6.45) is 8.31. The third kappa shape index (κ3) is 4.97. The van der Waals surface area contributed by atoms with Gasteiger partial charge < -0.3 is 10.6 Å². The number of hydrogen-bond acceptors (Lipinski definition) is 2. The number of carbonyl (C=O) groups is 1. The second-order valence-electron chi connectivity index (χ2n) is 6.06. The fourth-order valence-electron chi connectivity index (χ4n) is 2.60. The fourth-order valence-corrected chi connectivity index (χ4v) is 2.60. The van der Waals surface area contributed by atoms with Crippen LogP contribution < -0.4 is 10.6 Å². The van der Waals surface area contributed by atoms with Crippen LogP contribution in [0.2, 0.25) is 0 Å². The second-order valence-corrected chi connectivity index (χ2v) is 6.06. The van der Waals surface area contributed by atoms with Gasteiger partial charge in [0.1, 0.15) is 0 Å². The Morgan fingerprint density at radius 2 is 2.17 bits per heavy atom. The van der Waals surface area contributed by atoms with Crippen molar-refractivity contribution < 1.29 is 4.79 Å². The van der Waals surface area contributed by atoms with E-state index in [1.54, 1.807) is 0 Å². The van der Waals surface area contributed by atoms with E-state index in [1.165, 1.54) is 25.7 Å². The van der Waals surface area contributed by atoms with E-state index in [4.69, 9.17) is 0 Å². The Morgan fingerprint density at radius 3 is 2.78 bits per heavy atom. The summed E-state index contributed by atoms with van der Waals surface area (Å²) in [4.78, 5) is 12.3. The zero-order chi connectivity index (χ0) is 13.4. The van der Waals surface area contributed by atoms with Gasteiger partial charge in [-0.3, -0.25) is 4.79 Å². The zero-order valence-electron chi connectivity index (χ0n) is 12.3. The number of hydrogen-bond donors (Lipinski definition) is 2. The SMILES string of the molecule is CCCCCCC(C)NC(=O)C1(C)CCCNC1. The van der Waals surface area contributed by atoms with Crippen LogP contribution in [-0.2, 0) is 4.79 Å². The number of amides is 1. The van der Waals surface area contributed by atoms with Gasteiger partial charge in [-0.05, 0) is 39.7 Å². The number of unbranched alkanes of at least 4 members (excludes halogenated alkanes) is 3. The standard InChI is InChI=1S/C15H30N2O/c1-4-5-6-7-9-13(2)17-14(18)15(3)10-8-11-16-12-15/h13,16H,4-12H2,1-3H3,(H,17,18). The molecule has 3 nitrogen and oxygen atoms in total. The Labute approximate surface area is 112 Å². The van der Waals surface area contributed by atoms with Crippen LogP contribution in [-0.4, -0.2) is 25.0 Å². The molecule has 18 heavy (non-hydrogen) atoms. The van der Waals surface area contributed by atoms with E-state index in [1.807, 2.05) is 0 Å². The monoisotopic (exact) mass is 254 g/mol. The van der Waals surface area contributed by atoms with Crippen LogP contribution in [0.5, 0.6) is 0 Å². The van der Waals surface area contributed by atoms with Gasteiger partial charge >= 0.3 is 0 Å². The molecule has 1 rings (SSSR count). The topological polar surface area (TPSA) is 41.1 Å². The maximum atomic E-state index is 12.3. The molecule has 0 spiro atoms. The summed E-state index contributed by atoms with van der Waals surface area (Å²) in [6.45, 7) is 8.31. The van der Waals surface area contributed by atoms with Crippen molar-refractivity contribution in [3.63, 3.8) is 0 Å². The van der Waals surface area contributed by atoms with Gasteiger partial charge in [0.15, 0.2) is 0 Å². The maximum Gasteiger partial charge on any atom is 0.227 e. The third-order valence-electron chi connectivity index (χ3n) is 4.01. The van der Waals surface area contributed by atoms with Gasteiger partial charge in [-0.15, -0.1) is 0 Å². The molecular weight excluding hydrogens is 224 g/mol. The van der Waals surface area contributed by atoms with E-state index in [-0.39, 0.29) is 11.3 Å². The normalized spacial score (nSPS) is 25.7. The molecule has 2 atom stereocenters. The van der Waals surface area contributed by atoms with Crippen LogP contribution >= 0.6 is 0 Å². The van der Waals surface area contributed by atoms with Crippen molar-refractivity contribution in [3.05, 3.63) is 0 Å². The summed E-state index contributed by atoms with van der Waals surface area (Å²) >= 11 is 0. The van der Waals surface area contributed by atoms with E-state index in [9.17, 15) is 4.79 Å². The van der Waals surface area contributed by atoms with Gasteiger partial charge in [0.2, 0.25) is 5.91 Å². The molecule has 2 N–H and O–H groups in total. The highest BCUT2D eigenvalue weighted by molar-refractivity contribution is 5.82. The fraction of sp³-hybridized carbons (Fsp3) is 0.933. The highest BCUT2D eigenvalue weighted by Gasteiger charge is 2.34. The summed E-state index contributed by atoms with van der Waals surface area (Å²) < 4.78 is 0. The van der Waals surface area contributed by atoms with E-state index < -0.39 is 0 Å². The Bertz CT molecular complexity index is 247. The molecule has 0 aromatic rings. The van der Waals surface area contributed by atoms with Crippen LogP contribution in [0.4, 0.5) is 0 Å². The summed E-state index contributed by atoms with van der Waals surface area (Å²) in [6, 6.07) is 0.313. The first-order chi connectivity index (χ1) is 8.58. The minimum Gasteiger partial charge on any atom is -0.353 e. The summed E-state index contributed by atoms with van der Waals surface area (Å²) in [7, 11) is 0. The third-order valence-corrected chi connectivity index (χ3v) is 4.01. The highest BCUT2D eigenvalue weighted by atomic mass is 16.2. The van der Waals surface area contributed by atoms with Crippen LogP contribution in [0, 0.1) is 5.41 Å². The first-order valence-electron chi connectivity index (χ1n) is 7.60. The van der Waals surface area contributed by atoms with E-state index in [0.717, 1.165) is 32.4 Å². The number of piperidine rings is 1. The predicted octanol–water partition coefficient (Wildman–Crippen LogP) is 2.85. The molecule has 0 aliphatic carbocycles. The molecule has 3 heteroatoms. The molecule has 1 amide bonds. The molecular formula is C15H30N2O. The van der Waals surface area contributed by atoms with Crippen molar-refractivity contribution in [2.24, 2.45) is 5.41 Å². The lowest BCUT2D eigenvalue weighted by Gasteiger charge is -2.33. The van der Waals surface area contributed by atoms with Gasteiger partial charge in [0.25, 0.3) is 0 Å². The van der Waals surface area contributed by atoms with Crippen molar-refractivity contribution in [2.45, 2.75) is 71.8 Å². The molecule has 1 aliphatic heterocycles. The van der Waals surface area contributed by atoms with Crippen molar-refractivity contribution in [3.8, 4) is 0 Å². The minimum absolute atomic E-state index is 0.198. The molecule has 0 aromatic heterocycles. The molecule has 0 bridgehead atoms. The Kier molecular flexibility index (Phi) is 6.69. The van der Waals surface area contributed by atoms with Crippen molar-refractivity contribution in [2.75, 3.05) is 13.1 Å². The number of rotatable bonds is 7. The van der Waals surface area contributed by atoms with Crippen LogP contribution in [0.25, 0.3) is 0 Å². The van der Waals surface area contributed by atoms with E-state index in [0.29, 0.717) is 6.04 Å². The molecule has 1 heterocycles. The van der Waals surface area contributed by atoms with Gasteiger partial charge in [-0.2, -0.15) is 0 Å². The number of carbonyl (C=O) groups excluding carboxylic acids is 1. The van der Waals surface area contributed by atoms with Crippen molar-refractivity contribution in [1.29, 1.82) is 0 Å². The first kappa shape index (κ1) is 15.5. The first-order valence-corrected chi connectivity index (χ1v) is 7.60. The predicted molar refractivity (Wildman–Crippen MR) is 76.6 cm³/mol. The summed E-state index contributed by atoms with van der Waals surface area (Å²) in [5.41, 5.74) is -0.198. The van der Waals surface area contributed by atoms with Crippen molar-refractivity contribution >= 4 is 5.91 Å². The summed E-state index contributed by atoms with van der Waals surface area (Å²) in [5.74, 6) is 0.234. The van der Waals surface area contributed by atoms with E-state index in [2.05, 4.69) is 31.4 Å². The largest absolute Gasteiger partial charge is 0.353 e. The van der Waals surface area contributed by atoms with Gasteiger partial charge in [0.05, 0.1) is 5.41 Å². The van der Waals surface area contributed by atoms with Crippen LogP contribution in [0.15, 0.2) is 0 Å². The molecule has 1 saturated heterocycles.